The van der Waals surface area contributed by atoms with Crippen LogP contribution in [0.1, 0.15) is 55.7 Å². The number of amides is 2. The molecule has 0 heterocycles. The molecule has 132 valence electrons. The third kappa shape index (κ3) is 4.59. The second kappa shape index (κ2) is 8.32. The molecular formula is C20H30N2O2. The van der Waals surface area contributed by atoms with Crippen molar-refractivity contribution >= 4 is 17.5 Å². The van der Waals surface area contributed by atoms with Crippen LogP contribution < -0.4 is 10.6 Å². The van der Waals surface area contributed by atoms with Gasteiger partial charge in [0.25, 0.3) is 0 Å². The number of hydrogen-bond donors (Lipinski definition) is 2. The maximum atomic E-state index is 12.6. The van der Waals surface area contributed by atoms with Crippen LogP contribution in [0.3, 0.4) is 0 Å². The second-order valence-corrected chi connectivity index (χ2v) is 7.10. The van der Waals surface area contributed by atoms with Crippen molar-refractivity contribution in [3.05, 3.63) is 28.8 Å². The molecule has 1 aliphatic carbocycles. The number of carbonyl (C=O) groups is 2. The van der Waals surface area contributed by atoms with Gasteiger partial charge < -0.3 is 10.6 Å². The summed E-state index contributed by atoms with van der Waals surface area (Å²) in [4.78, 5) is 24.6. The number of nitrogens with one attached hydrogen (secondary N) is 2. The molecule has 0 bridgehead atoms. The van der Waals surface area contributed by atoms with Crippen molar-refractivity contribution in [3.8, 4) is 0 Å². The Kier molecular flexibility index (Phi) is 6.41. The SMILES string of the molecule is CCCNC(=O)C1CCC(C(=O)Nc2c(C)cc(C)cc2C)CC1. The lowest BCUT2D eigenvalue weighted by Crippen LogP contribution is -2.35. The molecule has 1 aromatic rings. The standard InChI is InChI=1S/C20H30N2O2/c1-5-10-21-19(23)16-6-8-17(9-7-16)20(24)22-18-14(3)11-13(2)12-15(18)4/h11-12,16-17H,5-10H2,1-4H3,(H,21,23)(H,22,24). The van der Waals surface area contributed by atoms with Crippen molar-refractivity contribution in [2.24, 2.45) is 11.8 Å². The zero-order valence-corrected chi connectivity index (χ0v) is 15.4. The fourth-order valence-corrected chi connectivity index (χ4v) is 3.61. The van der Waals surface area contributed by atoms with Crippen LogP contribution in [0.2, 0.25) is 0 Å². The number of hydrogen-bond acceptors (Lipinski definition) is 2. The summed E-state index contributed by atoms with van der Waals surface area (Å²) in [5, 5.41) is 6.08. The molecular weight excluding hydrogens is 300 g/mol. The van der Waals surface area contributed by atoms with E-state index in [1.54, 1.807) is 0 Å². The van der Waals surface area contributed by atoms with Crippen LogP contribution in [-0.4, -0.2) is 18.4 Å². The highest BCUT2D eigenvalue weighted by Gasteiger charge is 2.30. The molecule has 1 aromatic carbocycles. The van der Waals surface area contributed by atoms with Gasteiger partial charge in [-0.15, -0.1) is 0 Å². The smallest absolute Gasteiger partial charge is 0.227 e. The van der Waals surface area contributed by atoms with Crippen LogP contribution in [0.4, 0.5) is 5.69 Å². The Hall–Kier alpha value is -1.84. The molecule has 1 saturated carbocycles. The third-order valence-electron chi connectivity index (χ3n) is 4.94. The van der Waals surface area contributed by atoms with E-state index in [0.29, 0.717) is 0 Å². The van der Waals surface area contributed by atoms with Crippen LogP contribution in [0.15, 0.2) is 12.1 Å². The Morgan fingerprint density at radius 2 is 1.46 bits per heavy atom. The van der Waals surface area contributed by atoms with Gasteiger partial charge >= 0.3 is 0 Å². The molecule has 0 radical (unpaired) electrons. The highest BCUT2D eigenvalue weighted by Crippen LogP contribution is 2.31. The summed E-state index contributed by atoms with van der Waals surface area (Å²) in [6.45, 7) is 8.92. The van der Waals surface area contributed by atoms with Gasteiger partial charge in [-0.3, -0.25) is 9.59 Å². The lowest BCUT2D eigenvalue weighted by Gasteiger charge is -2.27. The highest BCUT2D eigenvalue weighted by atomic mass is 16.2. The largest absolute Gasteiger partial charge is 0.356 e. The number of benzene rings is 1. The summed E-state index contributed by atoms with van der Waals surface area (Å²) in [6, 6.07) is 4.19. The van der Waals surface area contributed by atoms with Crippen LogP contribution in [-0.2, 0) is 9.59 Å². The summed E-state index contributed by atoms with van der Waals surface area (Å²) in [5.74, 6) is 0.335. The molecule has 0 unspecified atom stereocenters. The van der Waals surface area contributed by atoms with Gasteiger partial charge in [0.05, 0.1) is 0 Å². The first-order valence-electron chi connectivity index (χ1n) is 9.08. The maximum Gasteiger partial charge on any atom is 0.227 e. The monoisotopic (exact) mass is 330 g/mol. The minimum Gasteiger partial charge on any atom is -0.356 e. The number of rotatable bonds is 5. The Balaban J connectivity index is 1.91. The summed E-state index contributed by atoms with van der Waals surface area (Å²) < 4.78 is 0. The van der Waals surface area contributed by atoms with Gasteiger partial charge in [0, 0.05) is 24.1 Å². The summed E-state index contributed by atoms with van der Waals surface area (Å²) in [6.07, 6.45) is 4.15. The van der Waals surface area contributed by atoms with Crippen molar-refractivity contribution in [3.63, 3.8) is 0 Å². The third-order valence-corrected chi connectivity index (χ3v) is 4.94. The highest BCUT2D eigenvalue weighted by molar-refractivity contribution is 5.94. The summed E-state index contributed by atoms with van der Waals surface area (Å²) in [7, 11) is 0. The van der Waals surface area contributed by atoms with E-state index in [2.05, 4.69) is 36.6 Å². The normalized spacial score (nSPS) is 20.5. The number of anilines is 1. The minimum atomic E-state index is 0.0142. The lowest BCUT2D eigenvalue weighted by atomic mass is 9.81. The van der Waals surface area contributed by atoms with Crippen LogP contribution in [0.5, 0.6) is 0 Å². The van der Waals surface area contributed by atoms with Gasteiger partial charge in [0.15, 0.2) is 0 Å². The minimum absolute atomic E-state index is 0.0142. The quantitative estimate of drug-likeness (QED) is 0.860. The van der Waals surface area contributed by atoms with E-state index >= 15 is 0 Å². The summed E-state index contributed by atoms with van der Waals surface area (Å²) >= 11 is 0. The van der Waals surface area contributed by atoms with Gasteiger partial charge in [0.1, 0.15) is 0 Å². The molecule has 0 saturated heterocycles. The van der Waals surface area contributed by atoms with E-state index in [9.17, 15) is 9.59 Å². The first kappa shape index (κ1) is 18.5. The molecule has 2 amide bonds. The van der Waals surface area contributed by atoms with E-state index < -0.39 is 0 Å². The molecule has 2 N–H and O–H groups in total. The van der Waals surface area contributed by atoms with Crippen LogP contribution in [0.25, 0.3) is 0 Å². The molecule has 1 fully saturated rings. The fraction of sp³-hybridized carbons (Fsp3) is 0.600. The van der Waals surface area contributed by atoms with Crippen LogP contribution in [0, 0.1) is 32.6 Å². The van der Waals surface area contributed by atoms with Crippen molar-refractivity contribution in [1.82, 2.24) is 5.32 Å². The van der Waals surface area contributed by atoms with E-state index in [4.69, 9.17) is 0 Å². The Labute approximate surface area is 145 Å². The molecule has 0 spiro atoms. The van der Waals surface area contributed by atoms with Crippen molar-refractivity contribution in [1.29, 1.82) is 0 Å². The maximum absolute atomic E-state index is 12.6. The predicted octanol–water partition coefficient (Wildman–Crippen LogP) is 3.88. The zero-order chi connectivity index (χ0) is 17.7. The Morgan fingerprint density at radius 1 is 0.958 bits per heavy atom. The van der Waals surface area contributed by atoms with Gasteiger partial charge in [-0.05, 0) is 64.0 Å². The average Bonchev–Trinajstić information content (AvgIpc) is 2.55. The fourth-order valence-electron chi connectivity index (χ4n) is 3.61. The van der Waals surface area contributed by atoms with E-state index in [-0.39, 0.29) is 23.7 Å². The molecule has 4 nitrogen and oxygen atoms in total. The number of carbonyl (C=O) groups excluding carboxylic acids is 2. The number of aryl methyl sites for hydroxylation is 3. The van der Waals surface area contributed by atoms with Crippen molar-refractivity contribution in [2.75, 3.05) is 11.9 Å². The molecule has 4 heteroatoms. The molecule has 0 aromatic heterocycles. The van der Waals surface area contributed by atoms with Gasteiger partial charge in [0.2, 0.25) is 11.8 Å². The van der Waals surface area contributed by atoms with Gasteiger partial charge in [-0.2, -0.15) is 0 Å². The first-order valence-corrected chi connectivity index (χ1v) is 9.08. The molecule has 0 aliphatic heterocycles. The second-order valence-electron chi connectivity index (χ2n) is 7.10. The van der Waals surface area contributed by atoms with E-state index in [0.717, 1.165) is 55.5 Å². The Bertz CT molecular complexity index is 579. The molecule has 0 atom stereocenters. The lowest BCUT2D eigenvalue weighted by molar-refractivity contribution is -0.128. The summed E-state index contributed by atoms with van der Waals surface area (Å²) in [5.41, 5.74) is 4.36. The molecule has 1 aliphatic rings. The molecule has 2 rings (SSSR count). The van der Waals surface area contributed by atoms with Crippen LogP contribution >= 0.6 is 0 Å². The van der Waals surface area contributed by atoms with E-state index in [1.165, 1.54) is 5.56 Å². The molecule has 24 heavy (non-hydrogen) atoms. The zero-order valence-electron chi connectivity index (χ0n) is 15.4. The van der Waals surface area contributed by atoms with Crippen molar-refractivity contribution < 1.29 is 9.59 Å². The van der Waals surface area contributed by atoms with Gasteiger partial charge in [-0.1, -0.05) is 24.6 Å². The first-order chi connectivity index (χ1) is 11.4. The van der Waals surface area contributed by atoms with Crippen molar-refractivity contribution in [2.45, 2.75) is 59.8 Å². The topological polar surface area (TPSA) is 58.2 Å². The van der Waals surface area contributed by atoms with E-state index in [1.807, 2.05) is 13.8 Å². The average molecular weight is 330 g/mol. The Morgan fingerprint density at radius 3 is 1.96 bits per heavy atom. The predicted molar refractivity (Wildman–Crippen MR) is 98.0 cm³/mol. The van der Waals surface area contributed by atoms with Gasteiger partial charge in [-0.25, -0.2) is 0 Å².